The summed E-state index contributed by atoms with van der Waals surface area (Å²) in [6.07, 6.45) is 3.23. The lowest BCUT2D eigenvalue weighted by Gasteiger charge is -2.45. The van der Waals surface area contributed by atoms with Gasteiger partial charge in [-0.05, 0) is 60.7 Å². The highest BCUT2D eigenvalue weighted by atomic mass is 32.1. The molecule has 1 saturated carbocycles. The second kappa shape index (κ2) is 7.96. The lowest BCUT2D eigenvalue weighted by atomic mass is 9.98. The van der Waals surface area contributed by atoms with Gasteiger partial charge in [0.15, 0.2) is 0 Å². The molecule has 2 fully saturated rings. The fraction of sp³-hybridized carbons (Fsp3) is 0.455. The number of hydrogen-bond acceptors (Lipinski definition) is 6. The number of nitrogens with zero attached hydrogens (tertiary/aromatic N) is 3. The maximum Gasteiger partial charge on any atom is 0.313 e. The molecular weight excluding hydrogens is 414 g/mol. The van der Waals surface area contributed by atoms with E-state index in [0.717, 1.165) is 24.0 Å². The van der Waals surface area contributed by atoms with Gasteiger partial charge < -0.3 is 20.9 Å². The summed E-state index contributed by atoms with van der Waals surface area (Å²) in [6.45, 7) is 6.39. The van der Waals surface area contributed by atoms with Crippen molar-refractivity contribution >= 4 is 40.6 Å². The quantitative estimate of drug-likeness (QED) is 0.712. The number of aryl methyl sites for hydroxylation is 1. The van der Waals surface area contributed by atoms with Crippen molar-refractivity contribution in [2.45, 2.75) is 45.7 Å². The van der Waals surface area contributed by atoms with E-state index in [2.05, 4.69) is 10.3 Å². The highest BCUT2D eigenvalue weighted by molar-refractivity contribution is 7.08. The number of hydrogen-bond donors (Lipinski definition) is 2. The fourth-order valence-electron chi connectivity index (χ4n) is 3.95. The molecule has 8 nitrogen and oxygen atoms in total. The molecule has 4 rings (SSSR count). The van der Waals surface area contributed by atoms with Gasteiger partial charge in [-0.2, -0.15) is 11.3 Å². The van der Waals surface area contributed by atoms with E-state index in [1.54, 1.807) is 17.9 Å². The Hall–Kier alpha value is -2.94. The van der Waals surface area contributed by atoms with Gasteiger partial charge in [0.2, 0.25) is 5.91 Å². The van der Waals surface area contributed by atoms with E-state index in [4.69, 9.17) is 5.73 Å². The van der Waals surface area contributed by atoms with Crippen LogP contribution in [0.5, 0.6) is 0 Å². The Morgan fingerprint density at radius 3 is 2.61 bits per heavy atom. The number of anilines is 2. The van der Waals surface area contributed by atoms with Crippen LogP contribution in [0.3, 0.4) is 0 Å². The zero-order valence-corrected chi connectivity index (χ0v) is 18.7. The van der Waals surface area contributed by atoms with Gasteiger partial charge >= 0.3 is 11.8 Å². The maximum atomic E-state index is 13.2. The molecule has 1 aliphatic heterocycles. The molecule has 2 aliphatic rings. The van der Waals surface area contributed by atoms with Gasteiger partial charge in [0.1, 0.15) is 5.82 Å². The SMILES string of the molecule is Cc1cc(NC(=O)C(=O)N2CC(C)N(C(=O)C3(C)CC3)C[C@@H]2c2ccsc2)cnc1N. The first kappa shape index (κ1) is 21.3. The van der Waals surface area contributed by atoms with Crippen LogP contribution in [0.15, 0.2) is 29.1 Å². The van der Waals surface area contributed by atoms with Crippen LogP contribution in [0, 0.1) is 12.3 Å². The predicted molar refractivity (Wildman–Crippen MR) is 119 cm³/mol. The molecule has 31 heavy (non-hydrogen) atoms. The highest BCUT2D eigenvalue weighted by Crippen LogP contribution is 2.47. The molecule has 2 atom stereocenters. The Morgan fingerprint density at radius 2 is 2.00 bits per heavy atom. The van der Waals surface area contributed by atoms with Crippen molar-refractivity contribution in [1.82, 2.24) is 14.8 Å². The first-order valence-electron chi connectivity index (χ1n) is 10.4. The third-order valence-corrected chi connectivity index (χ3v) is 6.98. The number of amides is 3. The Balaban J connectivity index is 1.55. The summed E-state index contributed by atoms with van der Waals surface area (Å²) < 4.78 is 0. The zero-order chi connectivity index (χ0) is 22.3. The summed E-state index contributed by atoms with van der Waals surface area (Å²) in [5.41, 5.74) is 7.51. The molecule has 3 heterocycles. The molecule has 0 bridgehead atoms. The minimum absolute atomic E-state index is 0.139. The first-order valence-corrected chi connectivity index (χ1v) is 11.3. The average molecular weight is 442 g/mol. The largest absolute Gasteiger partial charge is 0.383 e. The summed E-state index contributed by atoms with van der Waals surface area (Å²) in [6, 6.07) is 3.09. The summed E-state index contributed by atoms with van der Waals surface area (Å²) >= 11 is 1.53. The van der Waals surface area contributed by atoms with Gasteiger partial charge in [0, 0.05) is 24.5 Å². The number of carbonyl (C=O) groups is 3. The Morgan fingerprint density at radius 1 is 1.26 bits per heavy atom. The van der Waals surface area contributed by atoms with Crippen LogP contribution >= 0.6 is 11.3 Å². The van der Waals surface area contributed by atoms with Crippen LogP contribution in [0.2, 0.25) is 0 Å². The molecule has 2 aromatic heterocycles. The molecule has 2 aromatic rings. The molecule has 1 saturated heterocycles. The minimum Gasteiger partial charge on any atom is -0.383 e. The van der Waals surface area contributed by atoms with E-state index >= 15 is 0 Å². The maximum absolute atomic E-state index is 13.2. The van der Waals surface area contributed by atoms with Crippen LogP contribution in [-0.2, 0) is 14.4 Å². The Labute approximate surface area is 185 Å². The number of rotatable bonds is 3. The normalized spacial score (nSPS) is 22.2. The first-order chi connectivity index (χ1) is 14.7. The second-order valence-electron chi connectivity index (χ2n) is 8.78. The van der Waals surface area contributed by atoms with E-state index in [9.17, 15) is 14.4 Å². The summed E-state index contributed by atoms with van der Waals surface area (Å²) in [7, 11) is 0. The molecule has 9 heteroatoms. The standard InChI is InChI=1S/C22H27N5O3S/c1-13-8-16(9-24-18(13)23)25-19(28)20(29)27-10-14(2)26(21(30)22(3)5-6-22)11-17(27)15-4-7-31-12-15/h4,7-9,12,14,17H,5-6,10-11H2,1-3H3,(H2,23,24)(H,25,28)/t14?,17-/m1/s1. The molecule has 3 N–H and O–H groups in total. The number of piperazine rings is 1. The van der Waals surface area contributed by atoms with Crippen molar-refractivity contribution in [3.05, 3.63) is 40.2 Å². The Bertz CT molecular complexity index is 1020. The molecule has 164 valence electrons. The van der Waals surface area contributed by atoms with Gasteiger partial charge in [0.25, 0.3) is 0 Å². The van der Waals surface area contributed by atoms with E-state index in [1.807, 2.05) is 35.6 Å². The summed E-state index contributed by atoms with van der Waals surface area (Å²) in [4.78, 5) is 46.5. The van der Waals surface area contributed by atoms with Crippen LogP contribution in [-0.4, -0.2) is 51.6 Å². The summed E-state index contributed by atoms with van der Waals surface area (Å²) in [5.74, 6) is -0.837. The lowest BCUT2D eigenvalue weighted by Crippen LogP contribution is -2.59. The summed E-state index contributed by atoms with van der Waals surface area (Å²) in [5, 5.41) is 6.53. The number of thiophene rings is 1. The van der Waals surface area contributed by atoms with E-state index in [1.165, 1.54) is 17.5 Å². The number of nitrogens with two attached hydrogens (primary N) is 1. The van der Waals surface area contributed by atoms with Crippen molar-refractivity contribution < 1.29 is 14.4 Å². The van der Waals surface area contributed by atoms with Gasteiger partial charge in [-0.15, -0.1) is 0 Å². The fourth-order valence-corrected chi connectivity index (χ4v) is 4.66. The van der Waals surface area contributed by atoms with E-state index < -0.39 is 11.8 Å². The number of nitrogen functional groups attached to an aromatic ring is 1. The topological polar surface area (TPSA) is 109 Å². The van der Waals surface area contributed by atoms with E-state index in [-0.39, 0.29) is 23.4 Å². The molecular formula is C22H27N5O3S. The van der Waals surface area contributed by atoms with Crippen molar-refractivity contribution in [3.63, 3.8) is 0 Å². The predicted octanol–water partition coefficient (Wildman–Crippen LogP) is 2.57. The molecule has 0 radical (unpaired) electrons. The molecule has 1 aliphatic carbocycles. The molecule has 0 spiro atoms. The third-order valence-electron chi connectivity index (χ3n) is 6.28. The number of aromatic nitrogens is 1. The minimum atomic E-state index is -0.729. The van der Waals surface area contributed by atoms with Gasteiger partial charge in [-0.25, -0.2) is 4.98 Å². The Kier molecular flexibility index (Phi) is 5.47. The van der Waals surface area contributed by atoms with Crippen LogP contribution in [0.1, 0.15) is 43.9 Å². The van der Waals surface area contributed by atoms with Gasteiger partial charge in [-0.1, -0.05) is 6.92 Å². The lowest BCUT2D eigenvalue weighted by molar-refractivity contribution is -0.153. The molecule has 0 aromatic carbocycles. The number of pyridine rings is 1. The van der Waals surface area contributed by atoms with Crippen molar-refractivity contribution in [1.29, 1.82) is 0 Å². The van der Waals surface area contributed by atoms with E-state index in [0.29, 0.717) is 24.6 Å². The monoisotopic (exact) mass is 441 g/mol. The van der Waals surface area contributed by atoms with Crippen LogP contribution < -0.4 is 11.1 Å². The average Bonchev–Trinajstić information content (AvgIpc) is 3.26. The van der Waals surface area contributed by atoms with Crippen molar-refractivity contribution in [2.75, 3.05) is 24.1 Å². The van der Waals surface area contributed by atoms with Crippen molar-refractivity contribution in [3.8, 4) is 0 Å². The number of nitrogens with one attached hydrogen (secondary N) is 1. The number of carbonyl (C=O) groups excluding carboxylic acids is 3. The zero-order valence-electron chi connectivity index (χ0n) is 17.9. The third kappa shape index (κ3) is 4.14. The smallest absolute Gasteiger partial charge is 0.313 e. The highest BCUT2D eigenvalue weighted by Gasteiger charge is 2.50. The second-order valence-corrected chi connectivity index (χ2v) is 9.56. The van der Waals surface area contributed by atoms with Gasteiger partial charge in [-0.3, -0.25) is 14.4 Å². The van der Waals surface area contributed by atoms with Crippen molar-refractivity contribution in [2.24, 2.45) is 5.41 Å². The van der Waals surface area contributed by atoms with Gasteiger partial charge in [0.05, 0.1) is 17.9 Å². The molecule has 3 amide bonds. The molecule has 1 unspecified atom stereocenters. The van der Waals surface area contributed by atoms with Crippen LogP contribution in [0.25, 0.3) is 0 Å². The van der Waals surface area contributed by atoms with Crippen LogP contribution in [0.4, 0.5) is 11.5 Å².